The first kappa shape index (κ1) is 26.1. The second-order valence-corrected chi connectivity index (χ2v) is 8.75. The lowest BCUT2D eigenvalue weighted by molar-refractivity contribution is -0.142. The summed E-state index contributed by atoms with van der Waals surface area (Å²) in [4.78, 5) is 16.1. The van der Waals surface area contributed by atoms with E-state index in [4.69, 9.17) is 9.26 Å². The van der Waals surface area contributed by atoms with Crippen molar-refractivity contribution in [3.63, 3.8) is 0 Å². The molecule has 3 aromatic carbocycles. The molecule has 1 N–H and O–H groups in total. The summed E-state index contributed by atoms with van der Waals surface area (Å²) in [6.07, 6.45) is -4.45. The molecule has 0 bridgehead atoms. The highest BCUT2D eigenvalue weighted by atomic mass is 19.4. The van der Waals surface area contributed by atoms with Gasteiger partial charge in [0.15, 0.2) is 0 Å². The molecule has 2 atom stereocenters. The number of rotatable bonds is 7. The molecule has 0 aliphatic rings. The Balaban J connectivity index is 1.54. The number of ether oxygens (including phenoxy) is 1. The van der Waals surface area contributed by atoms with Gasteiger partial charge < -0.3 is 9.26 Å². The topological polar surface area (TPSA) is 77.2 Å². The zero-order valence-electron chi connectivity index (χ0n) is 20.8. The van der Waals surface area contributed by atoms with Crippen molar-refractivity contribution in [2.24, 2.45) is 0 Å². The molecule has 0 amide bonds. The number of benzene rings is 3. The molecule has 6 nitrogen and oxygen atoms in total. The quantitative estimate of drug-likeness (QED) is 0.283. The van der Waals surface area contributed by atoms with E-state index in [9.17, 15) is 18.0 Å². The molecule has 37 heavy (non-hydrogen) atoms. The Morgan fingerprint density at radius 1 is 0.973 bits per heavy atom. The van der Waals surface area contributed by atoms with Gasteiger partial charge in [-0.2, -0.15) is 18.2 Å². The first-order chi connectivity index (χ1) is 17.6. The lowest BCUT2D eigenvalue weighted by Crippen LogP contribution is -2.36. The van der Waals surface area contributed by atoms with Crippen molar-refractivity contribution in [1.29, 1.82) is 0 Å². The predicted octanol–water partition coefficient (Wildman–Crippen LogP) is 6.61. The third kappa shape index (κ3) is 5.72. The molecule has 9 heteroatoms. The Morgan fingerprint density at radius 2 is 1.65 bits per heavy atom. The van der Waals surface area contributed by atoms with E-state index in [1.54, 1.807) is 38.1 Å². The number of carbonyl (C=O) groups excluding carboxylic acids is 1. The maximum atomic E-state index is 13.5. The number of methoxy groups -OCH3 is 1. The summed E-state index contributed by atoms with van der Waals surface area (Å²) in [6, 6.07) is 17.5. The fourth-order valence-electron chi connectivity index (χ4n) is 4.16. The molecule has 0 fully saturated rings. The third-order valence-corrected chi connectivity index (χ3v) is 6.15. The minimum Gasteiger partial charge on any atom is -0.468 e. The van der Waals surface area contributed by atoms with Crippen molar-refractivity contribution >= 4 is 5.97 Å². The zero-order chi connectivity index (χ0) is 26.7. The van der Waals surface area contributed by atoms with Crippen LogP contribution >= 0.6 is 0 Å². The molecule has 192 valence electrons. The van der Waals surface area contributed by atoms with Crippen molar-refractivity contribution in [1.82, 2.24) is 15.5 Å². The summed E-state index contributed by atoms with van der Waals surface area (Å²) in [5.74, 6) is 0.310. The van der Waals surface area contributed by atoms with Crippen molar-refractivity contribution in [2.75, 3.05) is 7.11 Å². The predicted molar refractivity (Wildman–Crippen MR) is 133 cm³/mol. The van der Waals surface area contributed by atoms with E-state index in [0.29, 0.717) is 22.5 Å². The number of alkyl halides is 3. The molecule has 1 unspecified atom stereocenters. The van der Waals surface area contributed by atoms with Gasteiger partial charge >= 0.3 is 12.1 Å². The number of halogens is 3. The number of nitrogens with one attached hydrogen (secondary N) is 1. The van der Waals surface area contributed by atoms with Gasteiger partial charge in [-0.3, -0.25) is 10.1 Å². The molecule has 0 spiro atoms. The van der Waals surface area contributed by atoms with Gasteiger partial charge in [-0.15, -0.1) is 0 Å². The molecule has 0 aliphatic heterocycles. The van der Waals surface area contributed by atoms with Crippen LogP contribution in [0.15, 0.2) is 71.3 Å². The number of hydrogen-bond donors (Lipinski definition) is 1. The summed E-state index contributed by atoms with van der Waals surface area (Å²) in [5.41, 5.74) is 2.88. The van der Waals surface area contributed by atoms with Crippen molar-refractivity contribution in [3.05, 3.63) is 83.4 Å². The smallest absolute Gasteiger partial charge is 0.417 e. The number of hydrogen-bond acceptors (Lipinski definition) is 6. The summed E-state index contributed by atoms with van der Waals surface area (Å²) in [7, 11) is 1.35. The van der Waals surface area contributed by atoms with E-state index in [0.717, 1.165) is 17.2 Å². The average molecular weight is 510 g/mol. The zero-order valence-corrected chi connectivity index (χ0v) is 20.8. The van der Waals surface area contributed by atoms with Crippen molar-refractivity contribution < 1.29 is 27.2 Å². The number of aromatic nitrogens is 2. The molecule has 0 radical (unpaired) electrons. The molecule has 0 saturated carbocycles. The molecule has 1 heterocycles. The lowest BCUT2D eigenvalue weighted by atomic mass is 9.94. The molecular formula is C28H26F3N3O3. The number of esters is 1. The van der Waals surface area contributed by atoms with Gasteiger partial charge in [-0.1, -0.05) is 53.7 Å². The van der Waals surface area contributed by atoms with Crippen LogP contribution in [-0.4, -0.2) is 29.3 Å². The Hall–Kier alpha value is -3.98. The number of nitrogens with zero attached hydrogens (tertiary/aromatic N) is 2. The van der Waals surface area contributed by atoms with Crippen LogP contribution in [0.4, 0.5) is 13.2 Å². The van der Waals surface area contributed by atoms with E-state index in [2.05, 4.69) is 15.5 Å². The standard InChI is InChI=1S/C28H26F3N3O3/c1-16-15-21(13-14-22(16)23-7-5-6-8-24(23)28(29,30)31)26-33-25(34-37-26)20-11-9-19(10-12-20)17(2)32-18(3)27(35)36-4/h5-15,17-18,32H,1-4H3/t17?,18-/m0/s1. The average Bonchev–Trinajstić information content (AvgIpc) is 3.38. The van der Waals surface area contributed by atoms with E-state index >= 15 is 0 Å². The van der Waals surface area contributed by atoms with Crippen LogP contribution in [0.1, 0.15) is 36.6 Å². The van der Waals surface area contributed by atoms with Crippen LogP contribution < -0.4 is 5.32 Å². The lowest BCUT2D eigenvalue weighted by Gasteiger charge is -2.18. The van der Waals surface area contributed by atoms with Gasteiger partial charge in [0.25, 0.3) is 5.89 Å². The Labute approximate surface area is 212 Å². The SMILES string of the molecule is COC(=O)[C@H](C)NC(C)c1ccc(-c2noc(-c3ccc(-c4ccccc4C(F)(F)F)c(C)c3)n2)cc1. The normalized spacial score (nSPS) is 13.3. The fourth-order valence-corrected chi connectivity index (χ4v) is 4.16. The van der Waals surface area contributed by atoms with E-state index in [1.807, 2.05) is 31.2 Å². The molecule has 1 aromatic heterocycles. The molecule has 4 rings (SSSR count). The van der Waals surface area contributed by atoms with Crippen LogP contribution in [0.25, 0.3) is 34.0 Å². The van der Waals surface area contributed by atoms with Crippen LogP contribution in [0, 0.1) is 6.92 Å². The second kappa shape index (κ2) is 10.6. The first-order valence-electron chi connectivity index (χ1n) is 11.6. The molecular weight excluding hydrogens is 483 g/mol. The van der Waals surface area contributed by atoms with E-state index in [1.165, 1.54) is 19.2 Å². The minimum absolute atomic E-state index is 0.0899. The van der Waals surface area contributed by atoms with Crippen molar-refractivity contribution in [2.45, 2.75) is 39.0 Å². The van der Waals surface area contributed by atoms with Gasteiger partial charge in [0.05, 0.1) is 12.7 Å². The minimum atomic E-state index is -4.45. The highest BCUT2D eigenvalue weighted by Crippen LogP contribution is 2.38. The Bertz CT molecular complexity index is 1400. The number of carbonyl (C=O) groups is 1. The van der Waals surface area contributed by atoms with E-state index in [-0.39, 0.29) is 23.5 Å². The maximum Gasteiger partial charge on any atom is 0.417 e. The monoisotopic (exact) mass is 509 g/mol. The highest BCUT2D eigenvalue weighted by Gasteiger charge is 2.33. The Morgan fingerprint density at radius 3 is 2.30 bits per heavy atom. The van der Waals surface area contributed by atoms with E-state index < -0.39 is 17.8 Å². The maximum absolute atomic E-state index is 13.5. The van der Waals surface area contributed by atoms with Crippen LogP contribution in [0.2, 0.25) is 0 Å². The van der Waals surface area contributed by atoms with Crippen LogP contribution in [-0.2, 0) is 15.7 Å². The summed E-state index contributed by atoms with van der Waals surface area (Å²) < 4.78 is 50.7. The van der Waals surface area contributed by atoms with Gasteiger partial charge in [0.2, 0.25) is 5.82 Å². The van der Waals surface area contributed by atoms with Gasteiger partial charge in [0, 0.05) is 17.2 Å². The van der Waals surface area contributed by atoms with Crippen molar-refractivity contribution in [3.8, 4) is 34.0 Å². The largest absolute Gasteiger partial charge is 0.468 e. The van der Waals surface area contributed by atoms with Gasteiger partial charge in [-0.05, 0) is 61.2 Å². The Kier molecular flexibility index (Phi) is 7.45. The molecule has 4 aromatic rings. The summed E-state index contributed by atoms with van der Waals surface area (Å²) >= 11 is 0. The second-order valence-electron chi connectivity index (χ2n) is 8.75. The summed E-state index contributed by atoms with van der Waals surface area (Å²) in [6.45, 7) is 5.43. The molecule has 0 saturated heterocycles. The number of aryl methyl sites for hydroxylation is 1. The first-order valence-corrected chi connectivity index (χ1v) is 11.6. The van der Waals surface area contributed by atoms with Gasteiger partial charge in [0.1, 0.15) is 6.04 Å². The van der Waals surface area contributed by atoms with Crippen LogP contribution in [0.3, 0.4) is 0 Å². The van der Waals surface area contributed by atoms with Crippen LogP contribution in [0.5, 0.6) is 0 Å². The fraction of sp³-hybridized carbons (Fsp3) is 0.250. The highest BCUT2D eigenvalue weighted by molar-refractivity contribution is 5.75. The third-order valence-electron chi connectivity index (χ3n) is 6.15. The molecule has 0 aliphatic carbocycles. The van der Waals surface area contributed by atoms with Gasteiger partial charge in [-0.25, -0.2) is 0 Å². The summed E-state index contributed by atoms with van der Waals surface area (Å²) in [5, 5.41) is 7.24.